The van der Waals surface area contributed by atoms with Gasteiger partial charge in [0.1, 0.15) is 23.0 Å². The number of alkyl halides is 1. The number of oxazole rings is 1. The first-order chi connectivity index (χ1) is 10.0. The largest absolute Gasteiger partial charge is 0.441 e. The van der Waals surface area contributed by atoms with Gasteiger partial charge in [-0.1, -0.05) is 28.1 Å². The van der Waals surface area contributed by atoms with Crippen molar-refractivity contribution in [2.75, 3.05) is 0 Å². The van der Waals surface area contributed by atoms with E-state index < -0.39 is 22.3 Å². The maximum Gasteiger partial charge on any atom is 0.196 e. The first kappa shape index (κ1) is 14.1. The number of fused-ring (bicyclic) bond motifs is 1. The molecule has 0 saturated carbocycles. The number of para-hydroxylation sites is 2. The van der Waals surface area contributed by atoms with E-state index >= 15 is 0 Å². The predicted octanol–water partition coefficient (Wildman–Crippen LogP) is 4.92. The minimum absolute atomic E-state index is 0.147. The summed E-state index contributed by atoms with van der Waals surface area (Å²) >= 11 is 3.20. The van der Waals surface area contributed by atoms with Gasteiger partial charge in [0.15, 0.2) is 11.5 Å². The average Bonchev–Trinajstić information content (AvgIpc) is 2.79. The third-order valence-electron chi connectivity index (χ3n) is 3.05. The third-order valence-corrected chi connectivity index (χ3v) is 3.83. The Balaban J connectivity index is 1.91. The molecule has 1 aromatic heterocycles. The number of benzene rings is 2. The van der Waals surface area contributed by atoms with Gasteiger partial charge in [-0.15, -0.1) is 0 Å². The van der Waals surface area contributed by atoms with Crippen molar-refractivity contribution in [1.29, 1.82) is 0 Å². The maximum atomic E-state index is 13.7. The fraction of sp³-hybridized carbons (Fsp3) is 0.133. The Bertz CT molecular complexity index is 746. The standard InChI is InChI=1S/C15H9BrF3NO/c16-9(15-10(18)5-8(17)6-11(15)19)7-14-20-12-3-1-2-4-13(12)21-14/h1-6,9H,7H2. The van der Waals surface area contributed by atoms with Crippen LogP contribution in [-0.4, -0.2) is 4.98 Å². The van der Waals surface area contributed by atoms with Crippen molar-refractivity contribution in [2.24, 2.45) is 0 Å². The Kier molecular flexibility index (Phi) is 3.71. The monoisotopic (exact) mass is 355 g/mol. The molecule has 0 spiro atoms. The molecule has 0 saturated heterocycles. The molecule has 0 amide bonds. The summed E-state index contributed by atoms with van der Waals surface area (Å²) in [6.45, 7) is 0. The number of aromatic nitrogens is 1. The van der Waals surface area contributed by atoms with E-state index in [1.165, 1.54) is 0 Å². The van der Waals surface area contributed by atoms with Crippen LogP contribution in [-0.2, 0) is 6.42 Å². The zero-order chi connectivity index (χ0) is 15.0. The van der Waals surface area contributed by atoms with E-state index in [9.17, 15) is 13.2 Å². The van der Waals surface area contributed by atoms with Crippen LogP contribution in [0.4, 0.5) is 13.2 Å². The molecule has 108 valence electrons. The molecule has 3 rings (SSSR count). The SMILES string of the molecule is Fc1cc(F)c(C(Br)Cc2nc3ccccc3o2)c(F)c1. The normalized spacial score (nSPS) is 12.8. The smallest absolute Gasteiger partial charge is 0.196 e. The highest BCUT2D eigenvalue weighted by atomic mass is 79.9. The van der Waals surface area contributed by atoms with Crippen molar-refractivity contribution in [1.82, 2.24) is 4.98 Å². The van der Waals surface area contributed by atoms with Gasteiger partial charge in [-0.25, -0.2) is 18.2 Å². The van der Waals surface area contributed by atoms with E-state index in [1.807, 2.05) is 12.1 Å². The Labute approximate surface area is 126 Å². The van der Waals surface area contributed by atoms with Crippen molar-refractivity contribution >= 4 is 27.0 Å². The molecule has 0 aliphatic carbocycles. The molecule has 0 bridgehead atoms. The molecule has 0 fully saturated rings. The van der Waals surface area contributed by atoms with Crippen LogP contribution in [0.5, 0.6) is 0 Å². The van der Waals surface area contributed by atoms with Gasteiger partial charge in [0.2, 0.25) is 0 Å². The highest BCUT2D eigenvalue weighted by Gasteiger charge is 2.21. The lowest BCUT2D eigenvalue weighted by Crippen LogP contribution is -2.03. The molecule has 1 unspecified atom stereocenters. The van der Waals surface area contributed by atoms with Crippen LogP contribution in [0.3, 0.4) is 0 Å². The van der Waals surface area contributed by atoms with Crippen LogP contribution in [0.2, 0.25) is 0 Å². The number of rotatable bonds is 3. The van der Waals surface area contributed by atoms with Crippen molar-refractivity contribution in [3.05, 3.63) is 65.3 Å². The molecule has 0 aliphatic heterocycles. The Morgan fingerprint density at radius 3 is 2.43 bits per heavy atom. The Morgan fingerprint density at radius 2 is 1.76 bits per heavy atom. The molecule has 3 aromatic rings. The van der Waals surface area contributed by atoms with E-state index in [0.29, 0.717) is 29.1 Å². The average molecular weight is 356 g/mol. The summed E-state index contributed by atoms with van der Waals surface area (Å²) in [5.74, 6) is -2.48. The fourth-order valence-corrected chi connectivity index (χ4v) is 2.83. The summed E-state index contributed by atoms with van der Waals surface area (Å²) in [7, 11) is 0. The summed E-state index contributed by atoms with van der Waals surface area (Å²) in [5.41, 5.74) is 1.04. The zero-order valence-corrected chi connectivity index (χ0v) is 12.2. The van der Waals surface area contributed by atoms with Gasteiger partial charge in [0.05, 0.1) is 4.83 Å². The first-order valence-electron chi connectivity index (χ1n) is 6.17. The molecule has 0 aliphatic rings. The van der Waals surface area contributed by atoms with E-state index in [4.69, 9.17) is 4.42 Å². The van der Waals surface area contributed by atoms with Crippen LogP contribution >= 0.6 is 15.9 Å². The van der Waals surface area contributed by atoms with Gasteiger partial charge >= 0.3 is 0 Å². The van der Waals surface area contributed by atoms with E-state index in [-0.39, 0.29) is 12.0 Å². The highest BCUT2D eigenvalue weighted by molar-refractivity contribution is 9.09. The van der Waals surface area contributed by atoms with Gasteiger partial charge < -0.3 is 4.42 Å². The maximum absolute atomic E-state index is 13.7. The third kappa shape index (κ3) is 2.81. The lowest BCUT2D eigenvalue weighted by molar-refractivity contribution is 0.501. The summed E-state index contributed by atoms with van der Waals surface area (Å²) < 4.78 is 45.8. The highest BCUT2D eigenvalue weighted by Crippen LogP contribution is 2.32. The number of hydrogen-bond donors (Lipinski definition) is 0. The van der Waals surface area contributed by atoms with Gasteiger partial charge in [-0.05, 0) is 12.1 Å². The molecular formula is C15H9BrF3NO. The number of nitrogens with zero attached hydrogens (tertiary/aromatic N) is 1. The van der Waals surface area contributed by atoms with E-state index in [2.05, 4.69) is 20.9 Å². The second-order valence-corrected chi connectivity index (χ2v) is 5.64. The van der Waals surface area contributed by atoms with Crippen molar-refractivity contribution in [3.8, 4) is 0 Å². The molecule has 2 aromatic carbocycles. The minimum Gasteiger partial charge on any atom is -0.441 e. The first-order valence-corrected chi connectivity index (χ1v) is 7.09. The second-order valence-electron chi connectivity index (χ2n) is 4.53. The Morgan fingerprint density at radius 1 is 1.10 bits per heavy atom. The van der Waals surface area contributed by atoms with Crippen LogP contribution in [0.15, 0.2) is 40.8 Å². The van der Waals surface area contributed by atoms with Crippen LogP contribution < -0.4 is 0 Å². The molecule has 21 heavy (non-hydrogen) atoms. The second kappa shape index (κ2) is 5.52. The van der Waals surface area contributed by atoms with Crippen LogP contribution in [0.1, 0.15) is 16.3 Å². The molecular weight excluding hydrogens is 347 g/mol. The molecule has 1 atom stereocenters. The molecule has 1 heterocycles. The summed E-state index contributed by atoms with van der Waals surface area (Å²) in [5, 5.41) is 0. The summed E-state index contributed by atoms with van der Waals surface area (Å²) in [6, 6.07) is 8.47. The summed E-state index contributed by atoms with van der Waals surface area (Å²) in [4.78, 5) is 3.54. The lowest BCUT2D eigenvalue weighted by atomic mass is 10.1. The predicted molar refractivity (Wildman–Crippen MR) is 75.7 cm³/mol. The topological polar surface area (TPSA) is 26.0 Å². The molecule has 0 radical (unpaired) electrons. The summed E-state index contributed by atoms with van der Waals surface area (Å²) in [6.07, 6.45) is 0.147. The van der Waals surface area contributed by atoms with Crippen molar-refractivity contribution in [3.63, 3.8) is 0 Å². The van der Waals surface area contributed by atoms with Gasteiger partial charge in [0, 0.05) is 24.1 Å². The van der Waals surface area contributed by atoms with E-state index in [1.54, 1.807) is 12.1 Å². The minimum atomic E-state index is -0.949. The van der Waals surface area contributed by atoms with Crippen LogP contribution in [0, 0.1) is 17.5 Å². The Hall–Kier alpha value is -1.82. The van der Waals surface area contributed by atoms with Crippen LogP contribution in [0.25, 0.3) is 11.1 Å². The quantitative estimate of drug-likeness (QED) is 0.623. The molecule has 0 N–H and O–H groups in total. The number of halogens is 4. The molecule has 6 heteroatoms. The lowest BCUT2D eigenvalue weighted by Gasteiger charge is -2.10. The molecule has 2 nitrogen and oxygen atoms in total. The van der Waals surface area contributed by atoms with Gasteiger partial charge in [-0.2, -0.15) is 0 Å². The van der Waals surface area contributed by atoms with Gasteiger partial charge in [-0.3, -0.25) is 0 Å². The fourth-order valence-electron chi connectivity index (χ4n) is 2.12. The number of hydrogen-bond acceptors (Lipinski definition) is 2. The van der Waals surface area contributed by atoms with Gasteiger partial charge in [0.25, 0.3) is 0 Å². The van der Waals surface area contributed by atoms with E-state index in [0.717, 1.165) is 0 Å². The van der Waals surface area contributed by atoms with Crippen molar-refractivity contribution in [2.45, 2.75) is 11.2 Å². The van der Waals surface area contributed by atoms with Crippen molar-refractivity contribution < 1.29 is 17.6 Å². The zero-order valence-electron chi connectivity index (χ0n) is 10.6.